The summed E-state index contributed by atoms with van der Waals surface area (Å²) < 4.78 is 10.7. The number of amides is 2. The fraction of sp³-hybridized carbons (Fsp3) is 0.417. The number of unbranched alkanes of at least 4 members (excludes halogenated alkanes) is 1. The van der Waals surface area contributed by atoms with Crippen LogP contribution in [0.1, 0.15) is 36.8 Å². The Hall–Kier alpha value is -2.73. The summed E-state index contributed by atoms with van der Waals surface area (Å²) >= 11 is 5.97. The van der Waals surface area contributed by atoms with Gasteiger partial charge in [-0.05, 0) is 61.1 Å². The maximum Gasteiger partial charge on any atom is 0.222 e. The molecule has 2 N–H and O–H groups in total. The molecule has 2 rings (SSSR count). The van der Waals surface area contributed by atoms with Gasteiger partial charge in [0, 0.05) is 31.0 Å². The minimum Gasteiger partial charge on any atom is -0.493 e. The second-order valence-electron chi connectivity index (χ2n) is 7.37. The lowest BCUT2D eigenvalue weighted by molar-refractivity contribution is -0.131. The van der Waals surface area contributed by atoms with E-state index in [1.54, 1.807) is 14.2 Å². The van der Waals surface area contributed by atoms with Crippen LogP contribution in [0.4, 0.5) is 0 Å². The Bertz CT molecular complexity index is 855. The molecule has 0 aliphatic carbocycles. The molecular formula is C24H31ClN2O4. The number of ether oxygens (including phenoxy) is 2. The second kappa shape index (κ2) is 12.8. The van der Waals surface area contributed by atoms with E-state index < -0.39 is 0 Å². The van der Waals surface area contributed by atoms with E-state index in [0.29, 0.717) is 61.7 Å². The van der Waals surface area contributed by atoms with Crippen molar-refractivity contribution in [2.75, 3.05) is 27.3 Å². The number of carbonyl (C=O) groups excluding carboxylic acids is 2. The third-order valence-corrected chi connectivity index (χ3v) is 5.37. The average Bonchev–Trinajstić information content (AvgIpc) is 2.77. The topological polar surface area (TPSA) is 81.9 Å². The summed E-state index contributed by atoms with van der Waals surface area (Å²) in [6.07, 6.45) is 3.44. The molecule has 0 unspecified atom stereocenters. The molecule has 0 aliphatic heterocycles. The van der Waals surface area contributed by atoms with Gasteiger partial charge in [0.1, 0.15) is 0 Å². The molecule has 0 saturated carbocycles. The molecule has 2 amide bonds. The molecule has 0 radical (unpaired) electrons. The Morgan fingerprint density at radius 3 is 2.06 bits per heavy atom. The molecule has 0 aliphatic rings. The molecular weight excluding hydrogens is 416 g/mol. The lowest BCUT2D eigenvalue weighted by atomic mass is 10.1. The maximum absolute atomic E-state index is 12.9. The zero-order chi connectivity index (χ0) is 22.6. The number of methoxy groups -OCH3 is 2. The van der Waals surface area contributed by atoms with Gasteiger partial charge in [-0.2, -0.15) is 0 Å². The second-order valence-corrected chi connectivity index (χ2v) is 7.81. The van der Waals surface area contributed by atoms with Gasteiger partial charge in [0.2, 0.25) is 11.8 Å². The molecule has 31 heavy (non-hydrogen) atoms. The zero-order valence-electron chi connectivity index (χ0n) is 18.2. The van der Waals surface area contributed by atoms with E-state index in [9.17, 15) is 9.59 Å². The van der Waals surface area contributed by atoms with Crippen molar-refractivity contribution in [3.05, 3.63) is 58.6 Å². The highest BCUT2D eigenvalue weighted by Crippen LogP contribution is 2.27. The maximum atomic E-state index is 12.9. The van der Waals surface area contributed by atoms with Gasteiger partial charge in [0.25, 0.3) is 0 Å². The Labute approximate surface area is 189 Å². The van der Waals surface area contributed by atoms with Crippen LogP contribution in [0.3, 0.4) is 0 Å². The molecule has 2 aromatic rings. The highest BCUT2D eigenvalue weighted by molar-refractivity contribution is 6.30. The zero-order valence-corrected chi connectivity index (χ0v) is 19.0. The largest absolute Gasteiger partial charge is 0.493 e. The van der Waals surface area contributed by atoms with Crippen molar-refractivity contribution in [3.8, 4) is 11.5 Å². The van der Waals surface area contributed by atoms with Crippen molar-refractivity contribution in [3.63, 3.8) is 0 Å². The minimum absolute atomic E-state index is 0.0823. The first-order valence-electron chi connectivity index (χ1n) is 10.4. The van der Waals surface area contributed by atoms with Crippen molar-refractivity contribution < 1.29 is 19.1 Å². The number of halogens is 1. The van der Waals surface area contributed by atoms with Crippen molar-refractivity contribution in [2.45, 2.75) is 38.5 Å². The third kappa shape index (κ3) is 8.50. The van der Waals surface area contributed by atoms with E-state index in [1.165, 1.54) is 0 Å². The molecule has 0 atom stereocenters. The first-order chi connectivity index (χ1) is 14.9. The average molecular weight is 447 g/mol. The van der Waals surface area contributed by atoms with Crippen LogP contribution in [0.5, 0.6) is 11.5 Å². The molecule has 6 nitrogen and oxygen atoms in total. The number of hydrogen-bond acceptors (Lipinski definition) is 4. The summed E-state index contributed by atoms with van der Waals surface area (Å²) in [5.41, 5.74) is 7.38. The first kappa shape index (κ1) is 24.5. The summed E-state index contributed by atoms with van der Waals surface area (Å²) in [6, 6.07) is 13.5. The summed E-state index contributed by atoms with van der Waals surface area (Å²) in [7, 11) is 3.21. The lowest BCUT2D eigenvalue weighted by Gasteiger charge is -2.23. The summed E-state index contributed by atoms with van der Waals surface area (Å²) in [4.78, 5) is 25.7. The van der Waals surface area contributed by atoms with E-state index in [-0.39, 0.29) is 11.8 Å². The standard InChI is InChI=1S/C24H31ClN2O4/c1-30-21-12-9-19(17-22(21)31-2)14-16-27(24(29)6-4-3-5-23(26)28)15-13-18-7-10-20(25)11-8-18/h7-12,17H,3-6,13-16H2,1-2H3,(H2,26,28). The molecule has 0 aromatic heterocycles. The number of carbonyl (C=O) groups is 2. The Balaban J connectivity index is 2.00. The van der Waals surface area contributed by atoms with Crippen LogP contribution in [-0.4, -0.2) is 44.0 Å². The Morgan fingerprint density at radius 1 is 0.871 bits per heavy atom. The molecule has 0 heterocycles. The predicted octanol–water partition coefficient (Wildman–Crippen LogP) is 4.02. The van der Waals surface area contributed by atoms with Crippen LogP contribution in [0, 0.1) is 0 Å². The SMILES string of the molecule is COc1ccc(CCN(CCc2ccc(Cl)cc2)C(=O)CCCCC(N)=O)cc1OC. The van der Waals surface area contributed by atoms with Crippen molar-refractivity contribution in [2.24, 2.45) is 5.73 Å². The number of primary amides is 1. The van der Waals surface area contributed by atoms with Gasteiger partial charge in [-0.1, -0.05) is 29.8 Å². The molecule has 0 saturated heterocycles. The van der Waals surface area contributed by atoms with Crippen molar-refractivity contribution >= 4 is 23.4 Å². The van der Waals surface area contributed by atoms with Gasteiger partial charge in [0.15, 0.2) is 11.5 Å². The number of rotatable bonds is 13. The summed E-state index contributed by atoms with van der Waals surface area (Å²) in [6.45, 7) is 1.21. The fourth-order valence-electron chi connectivity index (χ4n) is 3.31. The number of nitrogens with two attached hydrogens (primary N) is 1. The van der Waals surface area contributed by atoms with Crippen LogP contribution in [0.15, 0.2) is 42.5 Å². The van der Waals surface area contributed by atoms with Gasteiger partial charge >= 0.3 is 0 Å². The first-order valence-corrected chi connectivity index (χ1v) is 10.8. The van der Waals surface area contributed by atoms with Crippen molar-refractivity contribution in [1.82, 2.24) is 4.90 Å². The van der Waals surface area contributed by atoms with E-state index in [1.807, 2.05) is 47.4 Å². The lowest BCUT2D eigenvalue weighted by Crippen LogP contribution is -2.34. The number of hydrogen-bond donors (Lipinski definition) is 1. The molecule has 7 heteroatoms. The van der Waals surface area contributed by atoms with Crippen LogP contribution >= 0.6 is 11.6 Å². The fourth-order valence-corrected chi connectivity index (χ4v) is 3.44. The molecule has 0 fully saturated rings. The highest BCUT2D eigenvalue weighted by Gasteiger charge is 2.14. The Kier molecular flexibility index (Phi) is 10.2. The van der Waals surface area contributed by atoms with Crippen LogP contribution < -0.4 is 15.2 Å². The minimum atomic E-state index is -0.333. The van der Waals surface area contributed by atoms with E-state index >= 15 is 0 Å². The molecule has 0 bridgehead atoms. The van der Waals surface area contributed by atoms with E-state index in [4.69, 9.17) is 26.8 Å². The summed E-state index contributed by atoms with van der Waals surface area (Å²) in [5.74, 6) is 1.10. The third-order valence-electron chi connectivity index (χ3n) is 5.12. The summed E-state index contributed by atoms with van der Waals surface area (Å²) in [5, 5.41) is 0.694. The van der Waals surface area contributed by atoms with Crippen LogP contribution in [-0.2, 0) is 22.4 Å². The van der Waals surface area contributed by atoms with Crippen LogP contribution in [0.2, 0.25) is 5.02 Å². The van der Waals surface area contributed by atoms with Crippen LogP contribution in [0.25, 0.3) is 0 Å². The van der Waals surface area contributed by atoms with Gasteiger partial charge in [-0.25, -0.2) is 0 Å². The smallest absolute Gasteiger partial charge is 0.222 e. The van der Waals surface area contributed by atoms with Crippen molar-refractivity contribution in [1.29, 1.82) is 0 Å². The normalized spacial score (nSPS) is 10.5. The molecule has 168 valence electrons. The van der Waals surface area contributed by atoms with Gasteiger partial charge < -0.3 is 20.1 Å². The van der Waals surface area contributed by atoms with Gasteiger partial charge in [-0.15, -0.1) is 0 Å². The number of benzene rings is 2. The highest BCUT2D eigenvalue weighted by atomic mass is 35.5. The number of nitrogens with zero attached hydrogens (tertiary/aromatic N) is 1. The van der Waals surface area contributed by atoms with E-state index in [2.05, 4.69) is 0 Å². The van der Waals surface area contributed by atoms with E-state index in [0.717, 1.165) is 17.5 Å². The molecule has 2 aromatic carbocycles. The molecule has 0 spiro atoms. The Morgan fingerprint density at radius 2 is 1.45 bits per heavy atom. The monoisotopic (exact) mass is 446 g/mol. The van der Waals surface area contributed by atoms with Gasteiger partial charge in [-0.3, -0.25) is 9.59 Å². The quantitative estimate of drug-likeness (QED) is 0.471. The van der Waals surface area contributed by atoms with Gasteiger partial charge in [0.05, 0.1) is 14.2 Å². The predicted molar refractivity (Wildman–Crippen MR) is 123 cm³/mol.